The van der Waals surface area contributed by atoms with Crippen LogP contribution in [0, 0.1) is 11.3 Å². The largest absolute Gasteiger partial charge is 0.444 e. The van der Waals surface area contributed by atoms with Crippen molar-refractivity contribution in [1.29, 1.82) is 0 Å². The van der Waals surface area contributed by atoms with E-state index in [0.29, 0.717) is 6.42 Å². The fourth-order valence-corrected chi connectivity index (χ4v) is 4.41. The molecule has 3 fully saturated rings. The molecule has 128 valence electrons. The van der Waals surface area contributed by atoms with E-state index in [2.05, 4.69) is 5.32 Å². The van der Waals surface area contributed by atoms with Gasteiger partial charge in [-0.2, -0.15) is 0 Å². The molecule has 0 aromatic carbocycles. The molecule has 1 saturated carbocycles. The molecule has 23 heavy (non-hydrogen) atoms. The van der Waals surface area contributed by atoms with Gasteiger partial charge in [0.1, 0.15) is 11.6 Å². The van der Waals surface area contributed by atoms with Gasteiger partial charge in [-0.05, 0) is 46.0 Å². The Morgan fingerprint density at radius 1 is 1.35 bits per heavy atom. The van der Waals surface area contributed by atoms with Crippen LogP contribution in [0.5, 0.6) is 0 Å². The Bertz CT molecular complexity index is 556. The molecule has 3 rings (SSSR count). The first-order valence-corrected chi connectivity index (χ1v) is 8.24. The average molecular weight is 323 g/mol. The molecule has 2 saturated heterocycles. The summed E-state index contributed by atoms with van der Waals surface area (Å²) < 4.78 is 5.40. The highest BCUT2D eigenvalue weighted by Gasteiger charge is 2.63. The first kappa shape index (κ1) is 16.1. The Kier molecular flexibility index (Phi) is 3.57. The Balaban J connectivity index is 1.88. The van der Waals surface area contributed by atoms with Gasteiger partial charge in [-0.15, -0.1) is 0 Å². The third-order valence-electron chi connectivity index (χ3n) is 5.34. The molecule has 1 spiro atoms. The molecule has 4 unspecified atom stereocenters. The molecule has 3 aliphatic rings. The van der Waals surface area contributed by atoms with E-state index in [1.165, 1.54) is 4.90 Å². The number of nitrogens with two attached hydrogens (primary N) is 1. The van der Waals surface area contributed by atoms with Crippen LogP contribution in [0.15, 0.2) is 0 Å². The molecule has 7 nitrogen and oxygen atoms in total. The number of likely N-dealkylation sites (tertiary alicyclic amines) is 1. The van der Waals surface area contributed by atoms with E-state index < -0.39 is 29.1 Å². The lowest BCUT2D eigenvalue weighted by molar-refractivity contribution is -0.128. The third-order valence-corrected chi connectivity index (χ3v) is 5.34. The fourth-order valence-electron chi connectivity index (χ4n) is 4.41. The summed E-state index contributed by atoms with van der Waals surface area (Å²) in [6.07, 6.45) is 2.69. The van der Waals surface area contributed by atoms with Crippen LogP contribution in [0.3, 0.4) is 0 Å². The molecule has 3 N–H and O–H groups in total. The summed E-state index contributed by atoms with van der Waals surface area (Å²) >= 11 is 0. The van der Waals surface area contributed by atoms with Crippen molar-refractivity contribution in [3.8, 4) is 0 Å². The summed E-state index contributed by atoms with van der Waals surface area (Å²) in [5, 5.41) is 3.05. The van der Waals surface area contributed by atoms with Crippen LogP contribution in [0.25, 0.3) is 0 Å². The van der Waals surface area contributed by atoms with Gasteiger partial charge in [0.25, 0.3) is 0 Å². The van der Waals surface area contributed by atoms with Gasteiger partial charge >= 0.3 is 6.09 Å². The number of fused-ring (bicyclic) bond motifs is 2. The second-order valence-electron chi connectivity index (χ2n) is 8.00. The number of ether oxygens (including phenoxy) is 1. The number of carbonyl (C=O) groups excluding carboxylic acids is 3. The maximum Gasteiger partial charge on any atom is 0.411 e. The first-order valence-electron chi connectivity index (χ1n) is 8.24. The number of nitrogens with one attached hydrogen (secondary N) is 1. The van der Waals surface area contributed by atoms with Crippen molar-refractivity contribution in [3.63, 3.8) is 0 Å². The minimum absolute atomic E-state index is 0.0514. The lowest BCUT2D eigenvalue weighted by atomic mass is 9.74. The number of primary amides is 1. The van der Waals surface area contributed by atoms with Crippen LogP contribution in [0.4, 0.5) is 4.79 Å². The molecule has 0 radical (unpaired) electrons. The van der Waals surface area contributed by atoms with E-state index in [1.807, 2.05) is 0 Å². The molecule has 0 bridgehead atoms. The smallest absolute Gasteiger partial charge is 0.411 e. The van der Waals surface area contributed by atoms with E-state index in [9.17, 15) is 14.4 Å². The van der Waals surface area contributed by atoms with Crippen LogP contribution in [0.2, 0.25) is 0 Å². The molecular weight excluding hydrogens is 298 g/mol. The maximum absolute atomic E-state index is 12.6. The van der Waals surface area contributed by atoms with E-state index in [-0.39, 0.29) is 24.4 Å². The van der Waals surface area contributed by atoms with Crippen molar-refractivity contribution in [2.45, 2.75) is 64.1 Å². The van der Waals surface area contributed by atoms with E-state index in [0.717, 1.165) is 19.3 Å². The number of hydrogen-bond donors (Lipinski definition) is 2. The van der Waals surface area contributed by atoms with Crippen molar-refractivity contribution in [2.24, 2.45) is 17.1 Å². The van der Waals surface area contributed by atoms with Crippen molar-refractivity contribution >= 4 is 17.9 Å². The zero-order chi connectivity index (χ0) is 17.0. The van der Waals surface area contributed by atoms with Gasteiger partial charge in [-0.1, -0.05) is 6.42 Å². The zero-order valence-electron chi connectivity index (χ0n) is 13.9. The molecule has 4 atom stereocenters. The lowest BCUT2D eigenvalue weighted by Crippen LogP contribution is -2.46. The lowest BCUT2D eigenvalue weighted by Gasteiger charge is -2.29. The van der Waals surface area contributed by atoms with Crippen molar-refractivity contribution in [3.05, 3.63) is 0 Å². The van der Waals surface area contributed by atoms with Gasteiger partial charge in [0.05, 0.1) is 5.41 Å². The Morgan fingerprint density at radius 3 is 2.65 bits per heavy atom. The number of hydrogen-bond acceptors (Lipinski definition) is 4. The van der Waals surface area contributed by atoms with Gasteiger partial charge in [0, 0.05) is 12.6 Å². The fraction of sp³-hybridized carbons (Fsp3) is 0.812. The molecular formula is C16H25N3O4. The third kappa shape index (κ3) is 2.56. The van der Waals surface area contributed by atoms with Gasteiger partial charge in [-0.25, -0.2) is 4.79 Å². The quantitative estimate of drug-likeness (QED) is 0.744. The van der Waals surface area contributed by atoms with Gasteiger partial charge in [0.15, 0.2) is 0 Å². The van der Waals surface area contributed by atoms with E-state index in [4.69, 9.17) is 10.5 Å². The number of nitrogens with zero attached hydrogens (tertiary/aromatic N) is 1. The average Bonchev–Trinajstić information content (AvgIpc) is 3.05. The Morgan fingerprint density at radius 2 is 2.04 bits per heavy atom. The summed E-state index contributed by atoms with van der Waals surface area (Å²) in [5.41, 5.74) is 4.14. The highest BCUT2D eigenvalue weighted by molar-refractivity contribution is 5.92. The monoisotopic (exact) mass is 323 g/mol. The van der Waals surface area contributed by atoms with E-state index in [1.54, 1.807) is 20.8 Å². The van der Waals surface area contributed by atoms with Crippen molar-refractivity contribution in [1.82, 2.24) is 10.2 Å². The summed E-state index contributed by atoms with van der Waals surface area (Å²) in [4.78, 5) is 38.3. The summed E-state index contributed by atoms with van der Waals surface area (Å²) in [6, 6.07) is -0.621. The Labute approximate surface area is 135 Å². The highest BCUT2D eigenvalue weighted by Crippen LogP contribution is 2.52. The molecule has 3 amide bonds. The van der Waals surface area contributed by atoms with Crippen molar-refractivity contribution in [2.75, 3.05) is 6.54 Å². The van der Waals surface area contributed by atoms with Crippen LogP contribution in [-0.2, 0) is 14.3 Å². The van der Waals surface area contributed by atoms with Gasteiger partial charge in [0.2, 0.25) is 11.8 Å². The summed E-state index contributed by atoms with van der Waals surface area (Å²) in [6.45, 7) is 5.52. The summed E-state index contributed by atoms with van der Waals surface area (Å²) in [5.74, 6) is -0.462. The predicted molar refractivity (Wildman–Crippen MR) is 82.2 cm³/mol. The maximum atomic E-state index is 12.6. The van der Waals surface area contributed by atoms with Crippen LogP contribution in [-0.4, -0.2) is 47.0 Å². The number of carbonyl (C=O) groups is 3. The molecule has 1 aliphatic carbocycles. The standard InChI is InChI=1S/C16H25N3O4/c1-15(2,3)23-14(22)19-8-16(7-11(19)12(17)20)9-5-4-6-10(9)18-13(16)21/h9-11H,4-8H2,1-3H3,(H2,17,20)(H,18,21). The molecule has 0 aromatic heterocycles. The second kappa shape index (κ2) is 5.11. The summed E-state index contributed by atoms with van der Waals surface area (Å²) in [7, 11) is 0. The minimum Gasteiger partial charge on any atom is -0.444 e. The Hall–Kier alpha value is -1.79. The number of amides is 3. The van der Waals surface area contributed by atoms with Crippen LogP contribution >= 0.6 is 0 Å². The number of rotatable bonds is 1. The zero-order valence-corrected chi connectivity index (χ0v) is 13.9. The molecule has 0 aromatic rings. The van der Waals surface area contributed by atoms with Gasteiger partial charge < -0.3 is 15.8 Å². The second-order valence-corrected chi connectivity index (χ2v) is 8.00. The minimum atomic E-state index is -0.782. The predicted octanol–water partition coefficient (Wildman–Crippen LogP) is 0.766. The van der Waals surface area contributed by atoms with Crippen LogP contribution in [0.1, 0.15) is 46.5 Å². The van der Waals surface area contributed by atoms with Crippen molar-refractivity contribution < 1.29 is 19.1 Å². The normalized spacial score (nSPS) is 36.2. The molecule has 2 heterocycles. The SMILES string of the molecule is CC(C)(C)OC(=O)N1CC2(CC1C(N)=O)C(=O)NC1CCCC12. The first-order chi connectivity index (χ1) is 10.6. The van der Waals surface area contributed by atoms with Gasteiger partial charge in [-0.3, -0.25) is 14.5 Å². The molecule has 7 heteroatoms. The van der Waals surface area contributed by atoms with E-state index >= 15 is 0 Å². The molecule has 2 aliphatic heterocycles. The highest BCUT2D eigenvalue weighted by atomic mass is 16.6. The topological polar surface area (TPSA) is 102 Å². The van der Waals surface area contributed by atoms with Crippen LogP contribution < -0.4 is 11.1 Å².